The number of hydrogen-bond acceptors (Lipinski definition) is 2. The summed E-state index contributed by atoms with van der Waals surface area (Å²) in [6, 6.07) is 0.351. The Balaban J connectivity index is 2.35. The first-order chi connectivity index (χ1) is 6.11. The van der Waals surface area contributed by atoms with Crippen molar-refractivity contribution in [1.82, 2.24) is 5.32 Å². The molecule has 1 rings (SSSR count). The van der Waals surface area contributed by atoms with E-state index in [1.807, 2.05) is 0 Å². The van der Waals surface area contributed by atoms with E-state index in [-0.39, 0.29) is 16.8 Å². The number of amides is 1. The molecule has 1 saturated carbocycles. The Labute approximate surface area is 84.1 Å². The van der Waals surface area contributed by atoms with Crippen molar-refractivity contribution in [3.63, 3.8) is 0 Å². The van der Waals surface area contributed by atoms with Gasteiger partial charge in [0, 0.05) is 6.04 Å². The Kier molecular flexibility index (Phi) is 3.66. The predicted molar refractivity (Wildman–Crippen MR) is 56.3 cm³/mol. The second-order valence-corrected chi connectivity index (χ2v) is 4.09. The van der Waals surface area contributed by atoms with E-state index in [4.69, 9.17) is 18.0 Å². The molecule has 13 heavy (non-hydrogen) atoms. The SMILES string of the molecule is CC(C(=O)NC1CCCC1)C(N)=S. The van der Waals surface area contributed by atoms with E-state index in [0.29, 0.717) is 6.04 Å². The third-order valence-electron chi connectivity index (χ3n) is 2.52. The molecule has 1 fully saturated rings. The summed E-state index contributed by atoms with van der Waals surface area (Å²) in [7, 11) is 0. The minimum absolute atomic E-state index is 0.0283. The van der Waals surface area contributed by atoms with Crippen molar-refractivity contribution in [2.75, 3.05) is 0 Å². The number of nitrogens with two attached hydrogens (primary N) is 1. The lowest BCUT2D eigenvalue weighted by Gasteiger charge is -2.15. The molecule has 4 heteroatoms. The third kappa shape index (κ3) is 2.95. The molecule has 0 aromatic heterocycles. The standard InChI is InChI=1S/C9H16N2OS/c1-6(8(10)13)9(12)11-7-4-2-3-5-7/h6-7H,2-5H2,1H3,(H2,10,13)(H,11,12). The summed E-state index contributed by atoms with van der Waals surface area (Å²) in [6.45, 7) is 1.74. The molecule has 0 aromatic rings. The van der Waals surface area contributed by atoms with Crippen LogP contribution in [-0.4, -0.2) is 16.9 Å². The lowest BCUT2D eigenvalue weighted by molar-refractivity contribution is -0.123. The van der Waals surface area contributed by atoms with Crippen LogP contribution in [0.3, 0.4) is 0 Å². The average molecular weight is 200 g/mol. The van der Waals surface area contributed by atoms with Gasteiger partial charge in [-0.2, -0.15) is 0 Å². The zero-order valence-electron chi connectivity index (χ0n) is 7.88. The number of rotatable bonds is 3. The Morgan fingerprint density at radius 1 is 1.54 bits per heavy atom. The van der Waals surface area contributed by atoms with E-state index in [1.54, 1.807) is 6.92 Å². The van der Waals surface area contributed by atoms with Crippen LogP contribution in [0.15, 0.2) is 0 Å². The van der Waals surface area contributed by atoms with Gasteiger partial charge in [0.05, 0.1) is 10.9 Å². The fraction of sp³-hybridized carbons (Fsp3) is 0.778. The highest BCUT2D eigenvalue weighted by Gasteiger charge is 2.21. The molecule has 0 aliphatic heterocycles. The summed E-state index contributed by atoms with van der Waals surface area (Å²) in [5.74, 6) is -0.366. The van der Waals surface area contributed by atoms with Gasteiger partial charge in [0.25, 0.3) is 0 Å². The quantitative estimate of drug-likeness (QED) is 0.667. The molecule has 1 aliphatic carbocycles. The highest BCUT2D eigenvalue weighted by molar-refractivity contribution is 7.80. The van der Waals surface area contributed by atoms with Gasteiger partial charge in [-0.3, -0.25) is 4.79 Å². The van der Waals surface area contributed by atoms with Gasteiger partial charge in [0.1, 0.15) is 0 Å². The van der Waals surface area contributed by atoms with Crippen molar-refractivity contribution in [2.24, 2.45) is 11.7 Å². The smallest absolute Gasteiger partial charge is 0.229 e. The number of nitrogens with one attached hydrogen (secondary N) is 1. The summed E-state index contributed by atoms with van der Waals surface area (Å²) in [6.07, 6.45) is 4.62. The van der Waals surface area contributed by atoms with Crippen LogP contribution >= 0.6 is 12.2 Å². The molecule has 0 spiro atoms. The molecule has 0 radical (unpaired) electrons. The minimum Gasteiger partial charge on any atom is -0.393 e. The molecule has 1 atom stereocenters. The van der Waals surface area contributed by atoms with E-state index in [9.17, 15) is 4.79 Å². The number of hydrogen-bond donors (Lipinski definition) is 2. The summed E-state index contributed by atoms with van der Waals surface area (Å²) < 4.78 is 0. The van der Waals surface area contributed by atoms with E-state index < -0.39 is 0 Å². The molecular weight excluding hydrogens is 184 g/mol. The summed E-state index contributed by atoms with van der Waals surface area (Å²) >= 11 is 4.75. The Bertz CT molecular complexity index is 212. The van der Waals surface area contributed by atoms with Gasteiger partial charge in [0.15, 0.2) is 0 Å². The first kappa shape index (κ1) is 10.4. The van der Waals surface area contributed by atoms with Gasteiger partial charge >= 0.3 is 0 Å². The molecular formula is C9H16N2OS. The lowest BCUT2D eigenvalue weighted by Crippen LogP contribution is -2.40. The molecule has 74 valence electrons. The minimum atomic E-state index is -0.337. The van der Waals surface area contributed by atoms with Crippen molar-refractivity contribution < 1.29 is 4.79 Å². The van der Waals surface area contributed by atoms with Crippen LogP contribution in [0, 0.1) is 5.92 Å². The van der Waals surface area contributed by atoms with Crippen LogP contribution in [0.2, 0.25) is 0 Å². The van der Waals surface area contributed by atoms with Crippen LogP contribution in [0.1, 0.15) is 32.6 Å². The normalized spacial score (nSPS) is 19.8. The van der Waals surface area contributed by atoms with Gasteiger partial charge in [-0.05, 0) is 19.8 Å². The van der Waals surface area contributed by atoms with Crippen LogP contribution in [0.25, 0.3) is 0 Å². The first-order valence-electron chi connectivity index (χ1n) is 4.71. The zero-order valence-corrected chi connectivity index (χ0v) is 8.69. The Morgan fingerprint density at radius 2 is 2.08 bits per heavy atom. The zero-order chi connectivity index (χ0) is 9.84. The van der Waals surface area contributed by atoms with Crippen molar-refractivity contribution in [3.8, 4) is 0 Å². The molecule has 3 N–H and O–H groups in total. The van der Waals surface area contributed by atoms with Crippen LogP contribution in [0.5, 0.6) is 0 Å². The van der Waals surface area contributed by atoms with Crippen LogP contribution < -0.4 is 11.1 Å². The summed E-state index contributed by atoms with van der Waals surface area (Å²) in [5, 5.41) is 2.95. The van der Waals surface area contributed by atoms with Crippen LogP contribution in [-0.2, 0) is 4.79 Å². The molecule has 0 saturated heterocycles. The van der Waals surface area contributed by atoms with Crippen molar-refractivity contribution in [2.45, 2.75) is 38.6 Å². The maximum absolute atomic E-state index is 11.5. The van der Waals surface area contributed by atoms with Crippen molar-refractivity contribution in [3.05, 3.63) is 0 Å². The maximum atomic E-state index is 11.5. The second kappa shape index (κ2) is 4.56. The highest BCUT2D eigenvalue weighted by Crippen LogP contribution is 2.17. The van der Waals surface area contributed by atoms with Gasteiger partial charge in [-0.1, -0.05) is 25.1 Å². The van der Waals surface area contributed by atoms with Gasteiger partial charge in [-0.15, -0.1) is 0 Å². The average Bonchev–Trinajstić information content (AvgIpc) is 2.55. The van der Waals surface area contributed by atoms with E-state index in [1.165, 1.54) is 12.8 Å². The second-order valence-electron chi connectivity index (χ2n) is 3.61. The Morgan fingerprint density at radius 3 is 2.54 bits per heavy atom. The number of thiocarbonyl (C=S) groups is 1. The monoisotopic (exact) mass is 200 g/mol. The van der Waals surface area contributed by atoms with E-state index in [2.05, 4.69) is 5.32 Å². The van der Waals surface area contributed by atoms with Gasteiger partial charge < -0.3 is 11.1 Å². The largest absolute Gasteiger partial charge is 0.393 e. The summed E-state index contributed by atoms with van der Waals surface area (Å²) in [5.41, 5.74) is 5.38. The number of carbonyl (C=O) groups excluding carboxylic acids is 1. The number of carbonyl (C=O) groups is 1. The molecule has 1 unspecified atom stereocenters. The topological polar surface area (TPSA) is 55.1 Å². The van der Waals surface area contributed by atoms with Crippen molar-refractivity contribution >= 4 is 23.1 Å². The van der Waals surface area contributed by atoms with Crippen LogP contribution in [0.4, 0.5) is 0 Å². The highest BCUT2D eigenvalue weighted by atomic mass is 32.1. The Hall–Kier alpha value is -0.640. The fourth-order valence-corrected chi connectivity index (χ4v) is 1.63. The molecule has 1 amide bonds. The molecule has 0 heterocycles. The molecule has 3 nitrogen and oxygen atoms in total. The molecule has 0 bridgehead atoms. The summed E-state index contributed by atoms with van der Waals surface area (Å²) in [4.78, 5) is 11.7. The molecule has 1 aliphatic rings. The van der Waals surface area contributed by atoms with Gasteiger partial charge in [-0.25, -0.2) is 0 Å². The fourth-order valence-electron chi connectivity index (χ4n) is 1.53. The van der Waals surface area contributed by atoms with E-state index >= 15 is 0 Å². The maximum Gasteiger partial charge on any atom is 0.229 e. The lowest BCUT2D eigenvalue weighted by atomic mass is 10.1. The van der Waals surface area contributed by atoms with Gasteiger partial charge in [0.2, 0.25) is 5.91 Å². The van der Waals surface area contributed by atoms with Crippen molar-refractivity contribution in [1.29, 1.82) is 0 Å². The predicted octanol–water partition coefficient (Wildman–Crippen LogP) is 0.967. The van der Waals surface area contributed by atoms with E-state index in [0.717, 1.165) is 12.8 Å². The first-order valence-corrected chi connectivity index (χ1v) is 5.12. The third-order valence-corrected chi connectivity index (χ3v) is 2.88. The molecule has 0 aromatic carbocycles.